The van der Waals surface area contributed by atoms with Crippen molar-refractivity contribution < 1.29 is 19.1 Å². The fourth-order valence-electron chi connectivity index (χ4n) is 4.86. The normalized spacial score (nSPS) is 16.7. The number of anilines is 1. The number of hydrogen-bond donors (Lipinski definition) is 2. The van der Waals surface area contributed by atoms with Crippen LogP contribution in [0.25, 0.3) is 0 Å². The van der Waals surface area contributed by atoms with Crippen LogP contribution in [0.4, 0.5) is 10.5 Å². The largest absolute Gasteiger partial charge is 0.445 e. The Kier molecular flexibility index (Phi) is 8.23. The Balaban J connectivity index is 1.12. The summed E-state index contributed by atoms with van der Waals surface area (Å²) in [5, 5.41) is 5.75. The number of amides is 3. The van der Waals surface area contributed by atoms with Gasteiger partial charge in [-0.15, -0.1) is 0 Å². The van der Waals surface area contributed by atoms with E-state index in [1.165, 1.54) is 0 Å². The molecule has 2 heterocycles. The highest BCUT2D eigenvalue weighted by molar-refractivity contribution is 5.93. The molecule has 0 saturated carbocycles. The Labute approximate surface area is 206 Å². The maximum absolute atomic E-state index is 12.7. The maximum Gasteiger partial charge on any atom is 0.407 e. The molecule has 2 aliphatic heterocycles. The van der Waals surface area contributed by atoms with E-state index in [1.807, 2.05) is 65.6 Å². The molecule has 0 unspecified atom stereocenters. The van der Waals surface area contributed by atoms with Crippen molar-refractivity contribution in [2.24, 2.45) is 0 Å². The van der Waals surface area contributed by atoms with Crippen LogP contribution in [0.1, 0.15) is 44.1 Å². The summed E-state index contributed by atoms with van der Waals surface area (Å²) < 4.78 is 5.19. The van der Waals surface area contributed by atoms with Crippen molar-refractivity contribution >= 4 is 23.6 Å². The summed E-state index contributed by atoms with van der Waals surface area (Å²) in [6.07, 6.45) is 3.75. The van der Waals surface area contributed by atoms with Gasteiger partial charge in [-0.3, -0.25) is 9.59 Å². The molecule has 2 saturated heterocycles. The van der Waals surface area contributed by atoms with Gasteiger partial charge in [-0.1, -0.05) is 55.0 Å². The lowest BCUT2D eigenvalue weighted by Crippen LogP contribution is -2.57. The second kappa shape index (κ2) is 11.7. The van der Waals surface area contributed by atoms with Gasteiger partial charge in [-0.2, -0.15) is 0 Å². The van der Waals surface area contributed by atoms with E-state index in [1.54, 1.807) is 0 Å². The van der Waals surface area contributed by atoms with Crippen molar-refractivity contribution in [2.45, 2.75) is 50.7 Å². The summed E-state index contributed by atoms with van der Waals surface area (Å²) in [5.41, 5.74) is 1.41. The number of para-hydroxylation sites is 1. The number of rotatable bonds is 9. The maximum atomic E-state index is 12.7. The standard InChI is InChI=1S/C27H34N4O4/c32-24(14-8-3-9-17-28-26(34)35-20-22-10-4-1-5-11-22)30-18-15-27(16-19-30)25(33)29-21-31(27)23-12-6-2-7-13-23/h1-2,4-7,10-13H,3,8-9,14-21H2,(H,28,34)(H,29,33). The number of nitrogens with zero attached hydrogens (tertiary/aromatic N) is 2. The molecule has 35 heavy (non-hydrogen) atoms. The van der Waals surface area contributed by atoms with Crippen LogP contribution in [0.2, 0.25) is 0 Å². The van der Waals surface area contributed by atoms with Crippen molar-refractivity contribution in [1.29, 1.82) is 0 Å². The first-order valence-corrected chi connectivity index (χ1v) is 12.4. The average molecular weight is 479 g/mol. The molecule has 8 heteroatoms. The third-order valence-corrected chi connectivity index (χ3v) is 6.90. The Morgan fingerprint density at radius 2 is 1.63 bits per heavy atom. The van der Waals surface area contributed by atoms with Gasteiger partial charge < -0.3 is 25.2 Å². The Bertz CT molecular complexity index is 991. The molecule has 3 amide bonds. The van der Waals surface area contributed by atoms with Gasteiger partial charge in [0.25, 0.3) is 0 Å². The molecule has 0 atom stereocenters. The predicted molar refractivity (Wildman–Crippen MR) is 134 cm³/mol. The van der Waals surface area contributed by atoms with Crippen LogP contribution < -0.4 is 15.5 Å². The molecular weight excluding hydrogens is 444 g/mol. The molecule has 0 aliphatic carbocycles. The lowest BCUT2D eigenvalue weighted by atomic mass is 9.85. The van der Waals surface area contributed by atoms with E-state index >= 15 is 0 Å². The summed E-state index contributed by atoms with van der Waals surface area (Å²) in [6, 6.07) is 19.5. The van der Waals surface area contributed by atoms with Crippen molar-refractivity contribution in [3.63, 3.8) is 0 Å². The SMILES string of the molecule is O=C(NCCCCCC(=O)N1CCC2(CC1)C(=O)NCN2c1ccccc1)OCc1ccccc1. The molecular formula is C27H34N4O4. The zero-order valence-corrected chi connectivity index (χ0v) is 20.1. The van der Waals surface area contributed by atoms with Gasteiger partial charge in [0.2, 0.25) is 11.8 Å². The van der Waals surface area contributed by atoms with Crippen LogP contribution in [-0.4, -0.2) is 54.6 Å². The number of hydrogen-bond acceptors (Lipinski definition) is 5. The van der Waals surface area contributed by atoms with Crippen molar-refractivity contribution in [3.05, 3.63) is 66.2 Å². The average Bonchev–Trinajstić information content (AvgIpc) is 3.21. The fraction of sp³-hybridized carbons (Fsp3) is 0.444. The molecule has 4 rings (SSSR count). The number of nitrogens with one attached hydrogen (secondary N) is 2. The molecule has 1 spiro atoms. The highest BCUT2D eigenvalue weighted by atomic mass is 16.5. The summed E-state index contributed by atoms with van der Waals surface area (Å²) in [4.78, 5) is 41.3. The number of likely N-dealkylation sites (tertiary alicyclic amines) is 1. The first kappa shape index (κ1) is 24.6. The third kappa shape index (κ3) is 6.12. The first-order valence-electron chi connectivity index (χ1n) is 12.4. The fourth-order valence-corrected chi connectivity index (χ4v) is 4.86. The van der Waals surface area contributed by atoms with Gasteiger partial charge in [-0.05, 0) is 43.4 Å². The summed E-state index contributed by atoms with van der Waals surface area (Å²) in [7, 11) is 0. The quantitative estimate of drug-likeness (QED) is 0.539. The van der Waals surface area contributed by atoms with E-state index in [0.29, 0.717) is 45.6 Å². The zero-order chi connectivity index (χ0) is 24.5. The number of carbonyl (C=O) groups excluding carboxylic acids is 3. The highest BCUT2D eigenvalue weighted by Gasteiger charge is 2.50. The van der Waals surface area contributed by atoms with E-state index in [9.17, 15) is 14.4 Å². The number of alkyl carbamates (subject to hydrolysis) is 1. The van der Waals surface area contributed by atoms with Gasteiger partial charge in [0.15, 0.2) is 0 Å². The zero-order valence-electron chi connectivity index (χ0n) is 20.1. The highest BCUT2D eigenvalue weighted by Crippen LogP contribution is 2.36. The van der Waals surface area contributed by atoms with Crippen LogP contribution in [0.3, 0.4) is 0 Å². The molecule has 2 aromatic rings. The van der Waals surface area contributed by atoms with Crippen LogP contribution in [0.5, 0.6) is 0 Å². The third-order valence-electron chi connectivity index (χ3n) is 6.90. The minimum Gasteiger partial charge on any atom is -0.445 e. The Morgan fingerprint density at radius 1 is 0.943 bits per heavy atom. The summed E-state index contributed by atoms with van der Waals surface area (Å²) >= 11 is 0. The van der Waals surface area contributed by atoms with Gasteiger partial charge in [0.1, 0.15) is 12.1 Å². The van der Waals surface area contributed by atoms with Crippen molar-refractivity contribution in [1.82, 2.24) is 15.5 Å². The smallest absolute Gasteiger partial charge is 0.407 e. The van der Waals surface area contributed by atoms with E-state index < -0.39 is 11.6 Å². The molecule has 0 aromatic heterocycles. The number of piperidine rings is 1. The Hall–Kier alpha value is -3.55. The molecule has 2 fully saturated rings. The Morgan fingerprint density at radius 3 is 2.34 bits per heavy atom. The van der Waals surface area contributed by atoms with E-state index in [2.05, 4.69) is 15.5 Å². The lowest BCUT2D eigenvalue weighted by molar-refractivity contribution is -0.135. The van der Waals surface area contributed by atoms with Crippen LogP contribution in [0, 0.1) is 0 Å². The topological polar surface area (TPSA) is 91.0 Å². The monoisotopic (exact) mass is 478 g/mol. The van der Waals surface area contributed by atoms with E-state index in [4.69, 9.17) is 4.74 Å². The van der Waals surface area contributed by atoms with Gasteiger partial charge >= 0.3 is 6.09 Å². The van der Waals surface area contributed by atoms with Crippen LogP contribution in [0.15, 0.2) is 60.7 Å². The molecule has 0 radical (unpaired) electrons. The van der Waals surface area contributed by atoms with Crippen LogP contribution >= 0.6 is 0 Å². The van der Waals surface area contributed by atoms with Crippen molar-refractivity contribution in [3.8, 4) is 0 Å². The minimum atomic E-state index is -0.571. The van der Waals surface area contributed by atoms with Crippen molar-refractivity contribution in [2.75, 3.05) is 31.2 Å². The summed E-state index contributed by atoms with van der Waals surface area (Å²) in [6.45, 7) is 2.46. The predicted octanol–water partition coefficient (Wildman–Crippen LogP) is 3.43. The summed E-state index contributed by atoms with van der Waals surface area (Å²) in [5.74, 6) is 0.197. The molecule has 2 N–H and O–H groups in total. The van der Waals surface area contributed by atoms with Gasteiger partial charge in [0.05, 0.1) is 6.67 Å². The number of ether oxygens (including phenoxy) is 1. The molecule has 2 aromatic carbocycles. The number of unbranched alkanes of at least 4 members (excludes halogenated alkanes) is 2. The second-order valence-corrected chi connectivity index (χ2v) is 9.14. The van der Waals surface area contributed by atoms with E-state index in [0.717, 1.165) is 30.5 Å². The second-order valence-electron chi connectivity index (χ2n) is 9.14. The first-order chi connectivity index (χ1) is 17.1. The molecule has 2 aliphatic rings. The van der Waals surface area contributed by atoms with Gasteiger partial charge in [0, 0.05) is 31.7 Å². The molecule has 186 valence electrons. The number of benzene rings is 2. The van der Waals surface area contributed by atoms with Crippen LogP contribution in [-0.2, 0) is 20.9 Å². The number of carbonyl (C=O) groups is 3. The lowest BCUT2D eigenvalue weighted by Gasteiger charge is -2.43. The minimum absolute atomic E-state index is 0.0586. The van der Waals surface area contributed by atoms with Gasteiger partial charge in [-0.25, -0.2) is 4.79 Å². The van der Waals surface area contributed by atoms with E-state index in [-0.39, 0.29) is 18.4 Å². The molecule has 8 nitrogen and oxygen atoms in total. The molecule has 0 bridgehead atoms.